The second kappa shape index (κ2) is 5.34. The third-order valence-electron chi connectivity index (χ3n) is 4.13. The molecule has 3 aromatic heterocycles. The Kier molecular flexibility index (Phi) is 3.29. The smallest absolute Gasteiger partial charge is 0.265 e. The number of anilines is 1. The zero-order valence-corrected chi connectivity index (χ0v) is 13.1. The van der Waals surface area contributed by atoms with Crippen LogP contribution in [0.25, 0.3) is 11.0 Å². The maximum Gasteiger partial charge on any atom is 0.265 e. The van der Waals surface area contributed by atoms with Gasteiger partial charge in [0.2, 0.25) is 0 Å². The molecule has 0 aliphatic heterocycles. The van der Waals surface area contributed by atoms with E-state index in [1.807, 2.05) is 0 Å². The molecule has 0 aromatic carbocycles. The SMILES string of the molecule is O=S(=O)(Nc1cnc2[nH]ncc2c1)c1cnn(C2CCCC2)c1. The molecule has 0 spiro atoms. The molecule has 1 saturated carbocycles. The van der Waals surface area contributed by atoms with Gasteiger partial charge in [-0.3, -0.25) is 14.5 Å². The Morgan fingerprint density at radius 3 is 2.87 bits per heavy atom. The van der Waals surface area contributed by atoms with Crippen LogP contribution >= 0.6 is 0 Å². The van der Waals surface area contributed by atoms with Crippen molar-refractivity contribution in [2.45, 2.75) is 36.6 Å². The quantitative estimate of drug-likeness (QED) is 0.761. The second-order valence-corrected chi connectivity index (χ2v) is 7.41. The molecular weight excluding hydrogens is 316 g/mol. The fourth-order valence-electron chi connectivity index (χ4n) is 2.93. The number of rotatable bonds is 4. The number of fused-ring (bicyclic) bond motifs is 1. The number of H-pyrrole nitrogens is 1. The highest BCUT2D eigenvalue weighted by atomic mass is 32.2. The van der Waals surface area contributed by atoms with Crippen molar-refractivity contribution in [1.29, 1.82) is 0 Å². The molecule has 1 aliphatic carbocycles. The highest BCUT2D eigenvalue weighted by molar-refractivity contribution is 7.92. The topological polar surface area (TPSA) is 106 Å². The van der Waals surface area contributed by atoms with Crippen LogP contribution in [0.4, 0.5) is 5.69 Å². The van der Waals surface area contributed by atoms with E-state index >= 15 is 0 Å². The van der Waals surface area contributed by atoms with Crippen LogP contribution in [-0.2, 0) is 10.0 Å². The van der Waals surface area contributed by atoms with Crippen molar-refractivity contribution in [1.82, 2.24) is 25.0 Å². The molecule has 0 unspecified atom stereocenters. The zero-order valence-electron chi connectivity index (χ0n) is 12.3. The Balaban J connectivity index is 1.59. The zero-order chi connectivity index (χ0) is 15.9. The summed E-state index contributed by atoms with van der Waals surface area (Å²) in [7, 11) is -3.68. The van der Waals surface area contributed by atoms with Crippen LogP contribution in [-0.4, -0.2) is 33.4 Å². The fourth-order valence-corrected chi connectivity index (χ4v) is 3.91. The minimum Gasteiger partial charge on any atom is -0.278 e. The van der Waals surface area contributed by atoms with E-state index in [0.29, 0.717) is 17.4 Å². The molecule has 9 heteroatoms. The Hall–Kier alpha value is -2.42. The molecular formula is C14H16N6O2S. The summed E-state index contributed by atoms with van der Waals surface area (Å²) in [4.78, 5) is 4.28. The normalized spacial score (nSPS) is 16.2. The summed E-state index contributed by atoms with van der Waals surface area (Å²) in [6, 6.07) is 1.99. The van der Waals surface area contributed by atoms with E-state index in [9.17, 15) is 8.42 Å². The molecule has 0 saturated heterocycles. The maximum atomic E-state index is 12.5. The molecule has 0 radical (unpaired) electrons. The molecule has 3 aromatic rings. The molecule has 0 bridgehead atoms. The van der Waals surface area contributed by atoms with Gasteiger partial charge < -0.3 is 0 Å². The van der Waals surface area contributed by atoms with Gasteiger partial charge in [0, 0.05) is 11.6 Å². The van der Waals surface area contributed by atoms with Gasteiger partial charge in [0.15, 0.2) is 5.65 Å². The summed E-state index contributed by atoms with van der Waals surface area (Å²) < 4.78 is 29.3. The number of hydrogen-bond donors (Lipinski definition) is 2. The number of nitrogens with zero attached hydrogens (tertiary/aromatic N) is 4. The predicted molar refractivity (Wildman–Crippen MR) is 84.4 cm³/mol. The van der Waals surface area contributed by atoms with E-state index < -0.39 is 10.0 Å². The molecule has 2 N–H and O–H groups in total. The van der Waals surface area contributed by atoms with E-state index in [1.54, 1.807) is 23.1 Å². The van der Waals surface area contributed by atoms with Crippen molar-refractivity contribution in [2.24, 2.45) is 0 Å². The second-order valence-electron chi connectivity index (χ2n) is 5.73. The van der Waals surface area contributed by atoms with Gasteiger partial charge in [0.05, 0.1) is 30.3 Å². The minimum absolute atomic E-state index is 0.164. The third kappa shape index (κ3) is 2.67. The highest BCUT2D eigenvalue weighted by Crippen LogP contribution is 2.29. The van der Waals surface area contributed by atoms with Crippen molar-refractivity contribution in [3.8, 4) is 0 Å². The van der Waals surface area contributed by atoms with Crippen LogP contribution in [0.5, 0.6) is 0 Å². The molecule has 0 atom stereocenters. The van der Waals surface area contributed by atoms with E-state index in [2.05, 4.69) is 25.0 Å². The molecule has 0 amide bonds. The Morgan fingerprint density at radius 1 is 1.22 bits per heavy atom. The van der Waals surface area contributed by atoms with Gasteiger partial charge in [-0.2, -0.15) is 10.2 Å². The van der Waals surface area contributed by atoms with Gasteiger partial charge in [-0.1, -0.05) is 12.8 Å². The van der Waals surface area contributed by atoms with Gasteiger partial charge in [-0.15, -0.1) is 0 Å². The number of hydrogen-bond acceptors (Lipinski definition) is 5. The van der Waals surface area contributed by atoms with E-state index in [0.717, 1.165) is 18.2 Å². The molecule has 4 rings (SSSR count). The molecule has 120 valence electrons. The van der Waals surface area contributed by atoms with Crippen LogP contribution < -0.4 is 4.72 Å². The number of aromatic nitrogens is 5. The molecule has 3 heterocycles. The molecule has 1 aliphatic rings. The van der Waals surface area contributed by atoms with Gasteiger partial charge in [0.1, 0.15) is 4.90 Å². The highest BCUT2D eigenvalue weighted by Gasteiger charge is 2.22. The predicted octanol–water partition coefficient (Wildman–Crippen LogP) is 2.07. The summed E-state index contributed by atoms with van der Waals surface area (Å²) in [5.41, 5.74) is 1.01. The summed E-state index contributed by atoms with van der Waals surface area (Å²) in [5.74, 6) is 0. The standard InChI is InChI=1S/C14H16N6O2S/c21-23(22,13-8-17-20(9-13)12-3-1-2-4-12)19-11-5-10-6-16-18-14(10)15-7-11/h5-9,12,19H,1-4H2,(H,15,16,18). The average molecular weight is 332 g/mol. The van der Waals surface area contributed by atoms with Crippen molar-refractivity contribution < 1.29 is 8.42 Å². The minimum atomic E-state index is -3.68. The van der Waals surface area contributed by atoms with Crippen molar-refractivity contribution in [2.75, 3.05) is 4.72 Å². The molecule has 8 nitrogen and oxygen atoms in total. The van der Waals surface area contributed by atoms with E-state index in [-0.39, 0.29) is 4.90 Å². The Morgan fingerprint density at radius 2 is 2.04 bits per heavy atom. The van der Waals surface area contributed by atoms with Gasteiger partial charge in [0.25, 0.3) is 10.0 Å². The Labute approximate surface area is 133 Å². The number of aromatic amines is 1. The van der Waals surface area contributed by atoms with Crippen LogP contribution in [0.3, 0.4) is 0 Å². The van der Waals surface area contributed by atoms with Crippen LogP contribution in [0.15, 0.2) is 35.7 Å². The first-order valence-corrected chi connectivity index (χ1v) is 8.96. The number of nitrogens with one attached hydrogen (secondary N) is 2. The summed E-state index contributed by atoms with van der Waals surface area (Å²) in [5, 5.41) is 11.5. The van der Waals surface area contributed by atoms with Crippen molar-refractivity contribution in [3.63, 3.8) is 0 Å². The largest absolute Gasteiger partial charge is 0.278 e. The van der Waals surface area contributed by atoms with E-state index in [1.165, 1.54) is 25.2 Å². The van der Waals surface area contributed by atoms with Crippen LogP contribution in [0, 0.1) is 0 Å². The first-order chi connectivity index (χ1) is 11.1. The van der Waals surface area contributed by atoms with Crippen molar-refractivity contribution >= 4 is 26.7 Å². The maximum absolute atomic E-state index is 12.5. The van der Waals surface area contributed by atoms with Crippen LogP contribution in [0.2, 0.25) is 0 Å². The molecule has 1 fully saturated rings. The van der Waals surface area contributed by atoms with Gasteiger partial charge >= 0.3 is 0 Å². The summed E-state index contributed by atoms with van der Waals surface area (Å²) >= 11 is 0. The first kappa shape index (κ1) is 14.2. The molecule has 23 heavy (non-hydrogen) atoms. The summed E-state index contributed by atoms with van der Waals surface area (Å²) in [6.45, 7) is 0. The summed E-state index contributed by atoms with van der Waals surface area (Å²) in [6.07, 6.45) is 10.5. The Bertz CT molecular complexity index is 939. The third-order valence-corrected chi connectivity index (χ3v) is 5.47. The average Bonchev–Trinajstić information content (AvgIpc) is 3.26. The van der Waals surface area contributed by atoms with Crippen molar-refractivity contribution in [3.05, 3.63) is 30.9 Å². The van der Waals surface area contributed by atoms with E-state index in [4.69, 9.17) is 0 Å². The van der Waals surface area contributed by atoms with Gasteiger partial charge in [-0.05, 0) is 18.9 Å². The lowest BCUT2D eigenvalue weighted by Gasteiger charge is -2.09. The lowest BCUT2D eigenvalue weighted by atomic mass is 10.3. The van der Waals surface area contributed by atoms with Crippen LogP contribution in [0.1, 0.15) is 31.7 Å². The number of pyridine rings is 1. The number of sulfonamides is 1. The first-order valence-electron chi connectivity index (χ1n) is 7.48. The lowest BCUT2D eigenvalue weighted by molar-refractivity contribution is 0.466. The van der Waals surface area contributed by atoms with Gasteiger partial charge in [-0.25, -0.2) is 13.4 Å². The lowest BCUT2D eigenvalue weighted by Crippen LogP contribution is -2.12. The fraction of sp³-hybridized carbons (Fsp3) is 0.357. The monoisotopic (exact) mass is 332 g/mol.